The molecule has 0 amide bonds. The summed E-state index contributed by atoms with van der Waals surface area (Å²) in [5, 5.41) is 9.03. The standard InChI is InChI=1S/C11H16O.C2H6/c1-9(2)3-4-10-5-7-11(12)8-6-10;1-2/h5-9,12H,3-4H2,1-2H3;1-2H3. The van der Waals surface area contributed by atoms with E-state index in [-0.39, 0.29) is 0 Å². The second kappa shape index (κ2) is 7.43. The molecule has 0 fully saturated rings. The Morgan fingerprint density at radius 3 is 2.00 bits per heavy atom. The van der Waals surface area contributed by atoms with Crippen molar-refractivity contribution in [3.63, 3.8) is 0 Å². The van der Waals surface area contributed by atoms with E-state index in [0.29, 0.717) is 5.75 Å². The van der Waals surface area contributed by atoms with Gasteiger partial charge in [-0.15, -0.1) is 0 Å². The van der Waals surface area contributed by atoms with Crippen LogP contribution in [-0.4, -0.2) is 5.11 Å². The van der Waals surface area contributed by atoms with Crippen molar-refractivity contribution in [2.75, 3.05) is 0 Å². The molecule has 1 nitrogen and oxygen atoms in total. The molecular formula is C13H22O. The number of rotatable bonds is 3. The van der Waals surface area contributed by atoms with Gasteiger partial charge in [0.25, 0.3) is 0 Å². The molecule has 1 aromatic carbocycles. The Labute approximate surface area is 87.8 Å². The van der Waals surface area contributed by atoms with Gasteiger partial charge in [-0.3, -0.25) is 0 Å². The highest BCUT2D eigenvalue weighted by Crippen LogP contribution is 2.13. The number of phenols is 1. The summed E-state index contributed by atoms with van der Waals surface area (Å²) in [6, 6.07) is 7.46. The minimum absolute atomic E-state index is 0.350. The minimum atomic E-state index is 0.350. The lowest BCUT2D eigenvalue weighted by molar-refractivity contribution is 0.475. The first-order chi connectivity index (χ1) is 6.68. The molecule has 1 rings (SSSR count). The normalized spacial score (nSPS) is 9.50. The zero-order valence-corrected chi connectivity index (χ0v) is 9.75. The average Bonchev–Trinajstić information content (AvgIpc) is 2.20. The molecule has 0 saturated carbocycles. The van der Waals surface area contributed by atoms with Crippen LogP contribution < -0.4 is 0 Å². The van der Waals surface area contributed by atoms with E-state index >= 15 is 0 Å². The van der Waals surface area contributed by atoms with Gasteiger partial charge in [-0.05, 0) is 36.5 Å². The van der Waals surface area contributed by atoms with Crippen LogP contribution >= 0.6 is 0 Å². The number of hydrogen-bond donors (Lipinski definition) is 1. The van der Waals surface area contributed by atoms with Crippen LogP contribution in [0.5, 0.6) is 5.75 Å². The van der Waals surface area contributed by atoms with E-state index in [0.717, 1.165) is 12.3 Å². The summed E-state index contributed by atoms with van der Waals surface area (Å²) in [5.41, 5.74) is 1.31. The van der Waals surface area contributed by atoms with Gasteiger partial charge < -0.3 is 5.11 Å². The maximum Gasteiger partial charge on any atom is 0.115 e. The molecule has 14 heavy (non-hydrogen) atoms. The van der Waals surface area contributed by atoms with Gasteiger partial charge in [-0.2, -0.15) is 0 Å². The molecule has 0 heterocycles. The molecule has 0 aliphatic heterocycles. The predicted molar refractivity (Wildman–Crippen MR) is 62.6 cm³/mol. The lowest BCUT2D eigenvalue weighted by Gasteiger charge is -2.04. The van der Waals surface area contributed by atoms with Crippen molar-refractivity contribution in [1.29, 1.82) is 0 Å². The Bertz CT molecular complexity index is 223. The number of hydrogen-bond acceptors (Lipinski definition) is 1. The molecule has 0 radical (unpaired) electrons. The summed E-state index contributed by atoms with van der Waals surface area (Å²) in [6.07, 6.45) is 2.32. The first-order valence-corrected chi connectivity index (χ1v) is 5.46. The Morgan fingerprint density at radius 1 is 1.07 bits per heavy atom. The fourth-order valence-electron chi connectivity index (χ4n) is 1.12. The van der Waals surface area contributed by atoms with Crippen molar-refractivity contribution in [3.8, 4) is 5.75 Å². The Kier molecular flexibility index (Phi) is 6.91. The number of phenolic OH excluding ortho intramolecular Hbond substituents is 1. The van der Waals surface area contributed by atoms with Crippen LogP contribution in [0, 0.1) is 5.92 Å². The highest BCUT2D eigenvalue weighted by molar-refractivity contribution is 5.25. The monoisotopic (exact) mass is 194 g/mol. The largest absolute Gasteiger partial charge is 0.508 e. The van der Waals surface area contributed by atoms with E-state index in [1.807, 2.05) is 26.0 Å². The first kappa shape index (κ1) is 13.0. The second-order valence-corrected chi connectivity index (χ2v) is 3.60. The molecule has 0 spiro atoms. The summed E-state index contributed by atoms with van der Waals surface area (Å²) in [7, 11) is 0. The van der Waals surface area contributed by atoms with Crippen molar-refractivity contribution in [1.82, 2.24) is 0 Å². The molecule has 1 aromatic rings. The molecule has 0 bridgehead atoms. The van der Waals surface area contributed by atoms with Crippen LogP contribution in [0.4, 0.5) is 0 Å². The van der Waals surface area contributed by atoms with Gasteiger partial charge in [0.1, 0.15) is 5.75 Å². The maximum atomic E-state index is 9.03. The van der Waals surface area contributed by atoms with Crippen molar-refractivity contribution >= 4 is 0 Å². The van der Waals surface area contributed by atoms with E-state index in [9.17, 15) is 0 Å². The van der Waals surface area contributed by atoms with Crippen molar-refractivity contribution in [2.24, 2.45) is 5.92 Å². The van der Waals surface area contributed by atoms with Crippen LogP contribution in [0.15, 0.2) is 24.3 Å². The fraction of sp³-hybridized carbons (Fsp3) is 0.538. The zero-order chi connectivity index (χ0) is 11.0. The average molecular weight is 194 g/mol. The van der Waals surface area contributed by atoms with Crippen molar-refractivity contribution in [2.45, 2.75) is 40.5 Å². The summed E-state index contributed by atoms with van der Waals surface area (Å²) in [5.74, 6) is 1.10. The summed E-state index contributed by atoms with van der Waals surface area (Å²) in [6.45, 7) is 8.45. The molecule has 1 N–H and O–H groups in total. The number of aromatic hydroxyl groups is 1. The van der Waals surface area contributed by atoms with Crippen LogP contribution in [-0.2, 0) is 6.42 Å². The highest BCUT2D eigenvalue weighted by Gasteiger charge is 1.96. The van der Waals surface area contributed by atoms with Crippen molar-refractivity contribution < 1.29 is 5.11 Å². The molecule has 0 unspecified atom stereocenters. The summed E-state index contributed by atoms with van der Waals surface area (Å²) in [4.78, 5) is 0. The van der Waals surface area contributed by atoms with Crippen LogP contribution in [0.25, 0.3) is 0 Å². The molecule has 0 aliphatic rings. The molecule has 0 atom stereocenters. The molecule has 0 aromatic heterocycles. The van der Waals surface area contributed by atoms with Gasteiger partial charge in [0.15, 0.2) is 0 Å². The lowest BCUT2D eigenvalue weighted by Crippen LogP contribution is -1.91. The summed E-state index contributed by atoms with van der Waals surface area (Å²) >= 11 is 0. The Hall–Kier alpha value is -0.980. The highest BCUT2D eigenvalue weighted by atomic mass is 16.3. The van der Waals surface area contributed by atoms with E-state index in [1.165, 1.54) is 12.0 Å². The van der Waals surface area contributed by atoms with Crippen LogP contribution in [0.1, 0.15) is 39.7 Å². The molecule has 0 aliphatic carbocycles. The van der Waals surface area contributed by atoms with E-state index < -0.39 is 0 Å². The first-order valence-electron chi connectivity index (χ1n) is 5.46. The van der Waals surface area contributed by atoms with E-state index in [4.69, 9.17) is 5.11 Å². The van der Waals surface area contributed by atoms with Gasteiger partial charge >= 0.3 is 0 Å². The number of aryl methyl sites for hydroxylation is 1. The van der Waals surface area contributed by atoms with Gasteiger partial charge in [0, 0.05) is 0 Å². The topological polar surface area (TPSA) is 20.2 Å². The van der Waals surface area contributed by atoms with Gasteiger partial charge in [-0.25, -0.2) is 0 Å². The molecule has 80 valence electrons. The predicted octanol–water partition coefficient (Wildman–Crippen LogP) is 4.01. The Balaban J connectivity index is 0.000000791. The third-order valence-electron chi connectivity index (χ3n) is 1.95. The van der Waals surface area contributed by atoms with Crippen LogP contribution in [0.2, 0.25) is 0 Å². The number of benzene rings is 1. The van der Waals surface area contributed by atoms with Gasteiger partial charge in [0.05, 0.1) is 0 Å². The zero-order valence-electron chi connectivity index (χ0n) is 9.75. The van der Waals surface area contributed by atoms with Gasteiger partial charge in [0.2, 0.25) is 0 Å². The smallest absolute Gasteiger partial charge is 0.115 e. The maximum absolute atomic E-state index is 9.03. The van der Waals surface area contributed by atoms with E-state index in [2.05, 4.69) is 13.8 Å². The van der Waals surface area contributed by atoms with Crippen molar-refractivity contribution in [3.05, 3.63) is 29.8 Å². The van der Waals surface area contributed by atoms with Gasteiger partial charge in [-0.1, -0.05) is 39.8 Å². The fourth-order valence-corrected chi connectivity index (χ4v) is 1.12. The molecule has 0 saturated heterocycles. The Morgan fingerprint density at radius 2 is 1.57 bits per heavy atom. The minimum Gasteiger partial charge on any atom is -0.508 e. The van der Waals surface area contributed by atoms with Crippen LogP contribution in [0.3, 0.4) is 0 Å². The lowest BCUT2D eigenvalue weighted by atomic mass is 10.0. The SMILES string of the molecule is CC.CC(C)CCc1ccc(O)cc1. The third kappa shape index (κ3) is 5.63. The second-order valence-electron chi connectivity index (χ2n) is 3.60. The van der Waals surface area contributed by atoms with E-state index in [1.54, 1.807) is 12.1 Å². The molecule has 1 heteroatoms. The summed E-state index contributed by atoms with van der Waals surface area (Å²) < 4.78 is 0. The third-order valence-corrected chi connectivity index (χ3v) is 1.95. The molecular weight excluding hydrogens is 172 g/mol. The quantitative estimate of drug-likeness (QED) is 0.771.